The fourth-order valence-corrected chi connectivity index (χ4v) is 3.88. The molecular weight excluding hydrogens is 370 g/mol. The first-order chi connectivity index (χ1) is 12.9. The molecule has 0 atom stereocenters. The highest BCUT2D eigenvalue weighted by molar-refractivity contribution is 7.89. The number of primary amides is 1. The van der Waals surface area contributed by atoms with Crippen LogP contribution in [0.2, 0.25) is 0 Å². The number of benzene rings is 1. The Labute approximate surface area is 157 Å². The molecule has 1 fully saturated rings. The number of sulfonamides is 1. The number of hydrogen-bond acceptors (Lipinski definition) is 7. The van der Waals surface area contributed by atoms with Crippen LogP contribution >= 0.6 is 0 Å². The number of aromatic nitrogens is 2. The van der Waals surface area contributed by atoms with E-state index in [0.717, 1.165) is 25.9 Å². The summed E-state index contributed by atoms with van der Waals surface area (Å²) in [6, 6.07) is 5.60. The number of methoxy groups -OCH3 is 1. The van der Waals surface area contributed by atoms with E-state index in [4.69, 9.17) is 10.5 Å². The van der Waals surface area contributed by atoms with E-state index in [1.54, 1.807) is 12.3 Å². The lowest BCUT2D eigenvalue weighted by Crippen LogP contribution is -2.25. The maximum atomic E-state index is 12.6. The van der Waals surface area contributed by atoms with Gasteiger partial charge in [0, 0.05) is 19.3 Å². The lowest BCUT2D eigenvalue weighted by Gasteiger charge is -2.15. The van der Waals surface area contributed by atoms with Crippen molar-refractivity contribution in [1.29, 1.82) is 0 Å². The molecule has 27 heavy (non-hydrogen) atoms. The summed E-state index contributed by atoms with van der Waals surface area (Å²) in [5.41, 5.74) is 5.84. The summed E-state index contributed by atoms with van der Waals surface area (Å²) < 4.78 is 32.6. The van der Waals surface area contributed by atoms with Crippen molar-refractivity contribution in [3.8, 4) is 5.75 Å². The number of rotatable bonds is 7. The first kappa shape index (κ1) is 19.1. The summed E-state index contributed by atoms with van der Waals surface area (Å²) in [6.45, 7) is 1.80. The molecule has 2 aromatic rings. The molecule has 1 amide bonds. The van der Waals surface area contributed by atoms with Gasteiger partial charge in [0.2, 0.25) is 16.0 Å². The Balaban J connectivity index is 1.76. The van der Waals surface area contributed by atoms with Crippen LogP contribution in [0.1, 0.15) is 28.9 Å². The zero-order chi connectivity index (χ0) is 19.4. The second kappa shape index (κ2) is 7.89. The molecule has 0 aliphatic carbocycles. The molecule has 0 spiro atoms. The van der Waals surface area contributed by atoms with Crippen LogP contribution in [0.3, 0.4) is 0 Å². The molecule has 9 nitrogen and oxygen atoms in total. The van der Waals surface area contributed by atoms with Gasteiger partial charge in [-0.3, -0.25) is 4.79 Å². The Morgan fingerprint density at radius 2 is 2.04 bits per heavy atom. The van der Waals surface area contributed by atoms with Crippen molar-refractivity contribution in [3.63, 3.8) is 0 Å². The maximum absolute atomic E-state index is 12.6. The van der Waals surface area contributed by atoms with Crippen LogP contribution in [0.4, 0.5) is 5.95 Å². The second-order valence-electron chi connectivity index (χ2n) is 6.09. The molecule has 2 heterocycles. The molecule has 1 aromatic carbocycles. The van der Waals surface area contributed by atoms with Crippen molar-refractivity contribution in [3.05, 3.63) is 41.7 Å². The van der Waals surface area contributed by atoms with E-state index < -0.39 is 15.9 Å². The Kier molecular flexibility index (Phi) is 5.57. The van der Waals surface area contributed by atoms with Crippen molar-refractivity contribution >= 4 is 21.9 Å². The molecule has 10 heteroatoms. The predicted octanol–water partition coefficient (Wildman–Crippen LogP) is 0.663. The summed E-state index contributed by atoms with van der Waals surface area (Å²) in [4.78, 5) is 22.2. The van der Waals surface area contributed by atoms with Crippen LogP contribution in [0.15, 0.2) is 35.4 Å². The van der Waals surface area contributed by atoms with E-state index in [2.05, 4.69) is 19.6 Å². The van der Waals surface area contributed by atoms with Gasteiger partial charge in [-0.2, -0.15) is 0 Å². The van der Waals surface area contributed by atoms with Crippen molar-refractivity contribution in [2.24, 2.45) is 5.73 Å². The standard InChI is InChI=1S/C17H21N5O4S/c1-26-15-5-4-13(10-14(15)16(18)23)27(24,25)20-11-12-6-7-19-17(21-12)22-8-2-3-9-22/h4-7,10,20H,2-3,8-9,11H2,1H3,(H2,18,23). The highest BCUT2D eigenvalue weighted by Crippen LogP contribution is 2.22. The fraction of sp³-hybridized carbons (Fsp3) is 0.353. The van der Waals surface area contributed by atoms with E-state index in [1.165, 1.54) is 25.3 Å². The number of nitrogens with one attached hydrogen (secondary N) is 1. The number of ether oxygens (including phenoxy) is 1. The zero-order valence-corrected chi connectivity index (χ0v) is 15.7. The third-order valence-corrected chi connectivity index (χ3v) is 5.68. The Morgan fingerprint density at radius 1 is 1.30 bits per heavy atom. The fourth-order valence-electron chi connectivity index (χ4n) is 2.85. The van der Waals surface area contributed by atoms with Crippen molar-refractivity contribution in [2.45, 2.75) is 24.3 Å². The molecule has 1 aliphatic rings. The van der Waals surface area contributed by atoms with Gasteiger partial charge in [0.15, 0.2) is 0 Å². The first-order valence-corrected chi connectivity index (χ1v) is 9.93. The lowest BCUT2D eigenvalue weighted by atomic mass is 10.2. The zero-order valence-electron chi connectivity index (χ0n) is 14.9. The monoisotopic (exact) mass is 391 g/mol. The second-order valence-corrected chi connectivity index (χ2v) is 7.86. The van der Waals surface area contributed by atoms with Gasteiger partial charge in [-0.25, -0.2) is 23.1 Å². The van der Waals surface area contributed by atoms with Crippen LogP contribution in [0.25, 0.3) is 0 Å². The average molecular weight is 391 g/mol. The minimum atomic E-state index is -3.86. The molecule has 0 bridgehead atoms. The Bertz CT molecular complexity index is 942. The molecule has 144 valence electrons. The molecule has 0 saturated carbocycles. The van der Waals surface area contributed by atoms with Crippen molar-refractivity contribution in [1.82, 2.24) is 14.7 Å². The molecule has 1 aromatic heterocycles. The van der Waals surface area contributed by atoms with Crippen molar-refractivity contribution < 1.29 is 17.9 Å². The largest absolute Gasteiger partial charge is 0.496 e. The number of anilines is 1. The molecule has 1 saturated heterocycles. The van der Waals surface area contributed by atoms with Crippen LogP contribution in [-0.2, 0) is 16.6 Å². The lowest BCUT2D eigenvalue weighted by molar-refractivity contribution is 0.0997. The average Bonchev–Trinajstić information content (AvgIpc) is 3.21. The number of amides is 1. The molecule has 1 aliphatic heterocycles. The smallest absolute Gasteiger partial charge is 0.252 e. The van der Waals surface area contributed by atoms with Gasteiger partial charge in [0.1, 0.15) is 5.75 Å². The van der Waals surface area contributed by atoms with E-state index in [9.17, 15) is 13.2 Å². The molecular formula is C17H21N5O4S. The predicted molar refractivity (Wildman–Crippen MR) is 99.0 cm³/mol. The number of nitrogens with two attached hydrogens (primary N) is 1. The normalized spacial score (nSPS) is 14.3. The van der Waals surface area contributed by atoms with E-state index >= 15 is 0 Å². The Hall–Kier alpha value is -2.72. The van der Waals surface area contributed by atoms with E-state index in [1.807, 2.05) is 0 Å². The van der Waals surface area contributed by atoms with Crippen molar-refractivity contribution in [2.75, 3.05) is 25.1 Å². The minimum absolute atomic E-state index is 0.00118. The van der Waals surface area contributed by atoms with Gasteiger partial charge in [-0.1, -0.05) is 0 Å². The summed E-state index contributed by atoms with van der Waals surface area (Å²) in [5, 5.41) is 0. The number of hydrogen-bond donors (Lipinski definition) is 2. The SMILES string of the molecule is COc1ccc(S(=O)(=O)NCc2ccnc(N3CCCC3)n2)cc1C(N)=O. The maximum Gasteiger partial charge on any atom is 0.252 e. The minimum Gasteiger partial charge on any atom is -0.496 e. The number of carbonyl (C=O) groups excluding carboxylic acids is 1. The van der Waals surface area contributed by atoms with Crippen LogP contribution < -0.4 is 20.1 Å². The summed E-state index contributed by atoms with van der Waals surface area (Å²) in [6.07, 6.45) is 3.81. The Morgan fingerprint density at radius 3 is 2.70 bits per heavy atom. The van der Waals surface area contributed by atoms with Gasteiger partial charge < -0.3 is 15.4 Å². The first-order valence-electron chi connectivity index (χ1n) is 8.45. The van der Waals surface area contributed by atoms with Crippen LogP contribution in [0.5, 0.6) is 5.75 Å². The van der Waals surface area contributed by atoms with Crippen LogP contribution in [0, 0.1) is 0 Å². The van der Waals surface area contributed by atoms with Gasteiger partial charge in [-0.15, -0.1) is 0 Å². The molecule has 3 N–H and O–H groups in total. The summed E-state index contributed by atoms with van der Waals surface area (Å²) in [7, 11) is -2.48. The number of carbonyl (C=O) groups is 1. The van der Waals surface area contributed by atoms with E-state index in [0.29, 0.717) is 11.6 Å². The van der Waals surface area contributed by atoms with Gasteiger partial charge >= 0.3 is 0 Å². The van der Waals surface area contributed by atoms with Crippen LogP contribution in [-0.4, -0.2) is 44.5 Å². The molecule has 0 radical (unpaired) electrons. The van der Waals surface area contributed by atoms with Gasteiger partial charge in [-0.05, 0) is 37.1 Å². The highest BCUT2D eigenvalue weighted by Gasteiger charge is 2.19. The molecule has 0 unspecified atom stereocenters. The third-order valence-electron chi connectivity index (χ3n) is 4.28. The van der Waals surface area contributed by atoms with E-state index in [-0.39, 0.29) is 22.8 Å². The third kappa shape index (κ3) is 4.34. The van der Waals surface area contributed by atoms with Gasteiger partial charge in [0.25, 0.3) is 5.91 Å². The summed E-state index contributed by atoms with van der Waals surface area (Å²) in [5.74, 6) is 0.0483. The summed E-state index contributed by atoms with van der Waals surface area (Å²) >= 11 is 0. The highest BCUT2D eigenvalue weighted by atomic mass is 32.2. The molecule has 3 rings (SSSR count). The van der Waals surface area contributed by atoms with Gasteiger partial charge in [0.05, 0.1) is 29.8 Å². The number of nitrogens with zero attached hydrogens (tertiary/aromatic N) is 3. The quantitative estimate of drug-likeness (QED) is 0.710. The topological polar surface area (TPSA) is 128 Å².